The number of carbonyl (C=O) groups excluding carboxylic acids is 2. The summed E-state index contributed by atoms with van der Waals surface area (Å²) in [7, 11) is 6.64. The fraction of sp³-hybridized carbons (Fsp3) is 0.417. The highest BCUT2D eigenvalue weighted by atomic mass is 16.5. The second kappa shape index (κ2) is 10.8. The number of hydrogen-bond acceptors (Lipinski definition) is 5. The van der Waals surface area contributed by atoms with E-state index in [0.29, 0.717) is 18.0 Å². The number of methoxy groups -OCH3 is 2. The topological polar surface area (TPSA) is 71.1 Å². The lowest BCUT2D eigenvalue weighted by Gasteiger charge is -2.23. The molecule has 0 saturated heterocycles. The lowest BCUT2D eigenvalue weighted by atomic mass is 10.1. The first-order valence-electron chi connectivity index (χ1n) is 10.2. The van der Waals surface area contributed by atoms with Crippen LogP contribution in [-0.4, -0.2) is 63.0 Å². The van der Waals surface area contributed by atoms with Crippen LogP contribution in [0.3, 0.4) is 0 Å². The number of likely N-dealkylation sites (N-methyl/N-ethyl adjacent to an activating group) is 2. The first kappa shape index (κ1) is 24.2. The van der Waals surface area contributed by atoms with Gasteiger partial charge in [-0.2, -0.15) is 0 Å². The van der Waals surface area contributed by atoms with E-state index in [2.05, 4.69) is 5.32 Å². The zero-order valence-corrected chi connectivity index (χ0v) is 19.5. The van der Waals surface area contributed by atoms with E-state index in [-0.39, 0.29) is 24.9 Å². The molecule has 0 bridgehead atoms. The summed E-state index contributed by atoms with van der Waals surface area (Å²) in [6.07, 6.45) is 0. The normalized spacial score (nSPS) is 10.7. The summed E-state index contributed by atoms with van der Waals surface area (Å²) >= 11 is 0. The molecule has 7 heteroatoms. The van der Waals surface area contributed by atoms with Crippen molar-refractivity contribution in [2.24, 2.45) is 0 Å². The van der Waals surface area contributed by atoms with E-state index in [0.717, 1.165) is 27.9 Å². The number of ether oxygens (including phenoxy) is 2. The standard InChI is InChI=1S/C24H33N3O4/c1-16-11-17(2)23(18(3)12-16)25-21(28)14-26(4)15-22(29)27(5)13-19-9-8-10-20(30-6)24(19)31-7/h8-12H,13-15H2,1-7H3,(H,25,28). The minimum absolute atomic E-state index is 0.0946. The van der Waals surface area contributed by atoms with Gasteiger partial charge in [0.05, 0.1) is 27.3 Å². The van der Waals surface area contributed by atoms with Crippen LogP contribution < -0.4 is 14.8 Å². The van der Waals surface area contributed by atoms with Crippen molar-refractivity contribution in [2.45, 2.75) is 27.3 Å². The Morgan fingerprint density at radius 3 is 2.19 bits per heavy atom. The molecule has 2 aromatic carbocycles. The number of hydrogen-bond donors (Lipinski definition) is 1. The van der Waals surface area contributed by atoms with Crippen LogP contribution in [0.5, 0.6) is 11.5 Å². The SMILES string of the molecule is COc1cccc(CN(C)C(=O)CN(C)CC(=O)Nc2c(C)cc(C)cc2C)c1OC. The second-order valence-electron chi connectivity index (χ2n) is 7.90. The number of rotatable bonds is 9. The van der Waals surface area contributed by atoms with Crippen molar-refractivity contribution in [3.05, 3.63) is 52.6 Å². The summed E-state index contributed by atoms with van der Waals surface area (Å²) in [6.45, 7) is 6.61. The number of aryl methyl sites for hydroxylation is 3. The highest BCUT2D eigenvalue weighted by Gasteiger charge is 2.18. The highest BCUT2D eigenvalue weighted by molar-refractivity contribution is 5.94. The first-order chi connectivity index (χ1) is 14.7. The molecule has 168 valence electrons. The zero-order chi connectivity index (χ0) is 23.1. The lowest BCUT2D eigenvalue weighted by Crippen LogP contribution is -2.39. The van der Waals surface area contributed by atoms with Gasteiger partial charge in [-0.25, -0.2) is 0 Å². The van der Waals surface area contributed by atoms with Crippen molar-refractivity contribution in [2.75, 3.05) is 46.7 Å². The van der Waals surface area contributed by atoms with E-state index in [9.17, 15) is 9.59 Å². The van der Waals surface area contributed by atoms with Crippen LogP contribution >= 0.6 is 0 Å². The summed E-state index contributed by atoms with van der Waals surface area (Å²) < 4.78 is 10.8. The summed E-state index contributed by atoms with van der Waals surface area (Å²) in [5, 5.41) is 2.97. The summed E-state index contributed by atoms with van der Waals surface area (Å²) in [4.78, 5) is 28.5. The van der Waals surface area contributed by atoms with E-state index in [1.54, 1.807) is 38.1 Å². The Labute approximate surface area is 184 Å². The molecule has 0 heterocycles. The van der Waals surface area contributed by atoms with Crippen LogP contribution in [0.1, 0.15) is 22.3 Å². The number of nitrogens with zero attached hydrogens (tertiary/aromatic N) is 2. The highest BCUT2D eigenvalue weighted by Crippen LogP contribution is 2.31. The van der Waals surface area contributed by atoms with Crippen LogP contribution in [0.4, 0.5) is 5.69 Å². The molecular weight excluding hydrogens is 394 g/mol. The Bertz CT molecular complexity index is 919. The van der Waals surface area contributed by atoms with E-state index < -0.39 is 0 Å². The van der Waals surface area contributed by atoms with Gasteiger partial charge in [-0.3, -0.25) is 14.5 Å². The lowest BCUT2D eigenvalue weighted by molar-refractivity contribution is -0.131. The maximum atomic E-state index is 12.7. The van der Waals surface area contributed by atoms with Crippen molar-refractivity contribution >= 4 is 17.5 Å². The molecule has 31 heavy (non-hydrogen) atoms. The Morgan fingerprint density at radius 2 is 1.61 bits per heavy atom. The van der Waals surface area contributed by atoms with Crippen LogP contribution in [0.2, 0.25) is 0 Å². The minimum Gasteiger partial charge on any atom is -0.493 e. The van der Waals surface area contributed by atoms with Crippen molar-refractivity contribution < 1.29 is 19.1 Å². The zero-order valence-electron chi connectivity index (χ0n) is 19.5. The number of para-hydroxylation sites is 1. The van der Waals surface area contributed by atoms with Gasteiger partial charge < -0.3 is 19.7 Å². The van der Waals surface area contributed by atoms with Gasteiger partial charge in [-0.15, -0.1) is 0 Å². The molecule has 0 aliphatic heterocycles. The molecule has 0 aliphatic carbocycles. The first-order valence-corrected chi connectivity index (χ1v) is 10.2. The summed E-state index contributed by atoms with van der Waals surface area (Å²) in [5.74, 6) is 0.989. The Balaban J connectivity index is 1.94. The van der Waals surface area contributed by atoms with Crippen LogP contribution in [-0.2, 0) is 16.1 Å². The predicted molar refractivity (Wildman–Crippen MR) is 123 cm³/mol. The average Bonchev–Trinajstić information content (AvgIpc) is 2.70. The predicted octanol–water partition coefficient (Wildman–Crippen LogP) is 3.16. The van der Waals surface area contributed by atoms with Crippen LogP contribution in [0, 0.1) is 20.8 Å². The molecule has 0 saturated carbocycles. The fourth-order valence-electron chi connectivity index (χ4n) is 3.63. The van der Waals surface area contributed by atoms with Gasteiger partial charge in [-0.05, 0) is 45.0 Å². The van der Waals surface area contributed by atoms with Gasteiger partial charge >= 0.3 is 0 Å². The summed E-state index contributed by atoms with van der Waals surface area (Å²) in [5.41, 5.74) is 4.89. The average molecular weight is 428 g/mol. The molecule has 2 rings (SSSR count). The Morgan fingerprint density at radius 1 is 0.968 bits per heavy atom. The van der Waals surface area contributed by atoms with E-state index in [1.165, 1.54) is 0 Å². The quantitative estimate of drug-likeness (QED) is 0.666. The number of nitrogens with one attached hydrogen (secondary N) is 1. The minimum atomic E-state index is -0.150. The second-order valence-corrected chi connectivity index (χ2v) is 7.90. The van der Waals surface area contributed by atoms with E-state index in [1.807, 2.05) is 51.1 Å². The Kier molecular flexibility index (Phi) is 8.45. The van der Waals surface area contributed by atoms with Crippen molar-refractivity contribution in [1.82, 2.24) is 9.80 Å². The number of amides is 2. The van der Waals surface area contributed by atoms with E-state index in [4.69, 9.17) is 9.47 Å². The van der Waals surface area contributed by atoms with Gasteiger partial charge in [0, 0.05) is 24.8 Å². The number of anilines is 1. The third-order valence-electron chi connectivity index (χ3n) is 5.08. The van der Waals surface area contributed by atoms with Gasteiger partial charge in [0.2, 0.25) is 11.8 Å². The van der Waals surface area contributed by atoms with Crippen LogP contribution in [0.15, 0.2) is 30.3 Å². The third-order valence-corrected chi connectivity index (χ3v) is 5.08. The fourth-order valence-corrected chi connectivity index (χ4v) is 3.63. The molecule has 0 fully saturated rings. The van der Waals surface area contributed by atoms with Gasteiger partial charge in [0.1, 0.15) is 0 Å². The monoisotopic (exact) mass is 427 g/mol. The molecule has 0 radical (unpaired) electrons. The van der Waals surface area contributed by atoms with Crippen molar-refractivity contribution in [1.29, 1.82) is 0 Å². The van der Waals surface area contributed by atoms with E-state index >= 15 is 0 Å². The number of benzene rings is 2. The molecule has 0 spiro atoms. The molecule has 0 aromatic heterocycles. The maximum Gasteiger partial charge on any atom is 0.238 e. The summed E-state index contributed by atoms with van der Waals surface area (Å²) in [6, 6.07) is 9.65. The van der Waals surface area contributed by atoms with Crippen molar-refractivity contribution in [3.63, 3.8) is 0 Å². The number of carbonyl (C=O) groups is 2. The van der Waals surface area contributed by atoms with Gasteiger partial charge in [0.15, 0.2) is 11.5 Å². The third kappa shape index (κ3) is 6.46. The molecule has 2 amide bonds. The van der Waals surface area contributed by atoms with Gasteiger partial charge in [-0.1, -0.05) is 29.8 Å². The molecule has 0 unspecified atom stereocenters. The molecule has 2 aromatic rings. The van der Waals surface area contributed by atoms with Gasteiger partial charge in [0.25, 0.3) is 0 Å². The smallest absolute Gasteiger partial charge is 0.238 e. The van der Waals surface area contributed by atoms with Crippen molar-refractivity contribution in [3.8, 4) is 11.5 Å². The maximum absolute atomic E-state index is 12.7. The molecular formula is C24H33N3O4. The molecule has 0 aliphatic rings. The molecule has 0 atom stereocenters. The largest absolute Gasteiger partial charge is 0.493 e. The molecule has 7 nitrogen and oxygen atoms in total. The van der Waals surface area contributed by atoms with Crippen LogP contribution in [0.25, 0.3) is 0 Å². The molecule has 1 N–H and O–H groups in total. The Hall–Kier alpha value is -3.06.